The Kier molecular flexibility index (Phi) is 5.04. The number of amides is 2. The zero-order valence-electron chi connectivity index (χ0n) is 16.4. The molecule has 4 unspecified atom stereocenters. The van der Waals surface area contributed by atoms with E-state index in [1.54, 1.807) is 31.2 Å². The van der Waals surface area contributed by atoms with Crippen LogP contribution in [-0.2, 0) is 23.9 Å². The summed E-state index contributed by atoms with van der Waals surface area (Å²) in [7, 11) is 0. The van der Waals surface area contributed by atoms with Crippen LogP contribution in [0, 0.1) is 11.8 Å². The molecular formula is C21H24N2O6. The molecule has 2 saturated heterocycles. The molecule has 2 bridgehead atoms. The lowest BCUT2D eigenvalue weighted by molar-refractivity contribution is -0.148. The first-order valence-electron chi connectivity index (χ1n) is 9.82. The smallest absolute Gasteiger partial charge is 0.325 e. The van der Waals surface area contributed by atoms with Gasteiger partial charge in [0.2, 0.25) is 11.8 Å². The first kappa shape index (κ1) is 19.4. The van der Waals surface area contributed by atoms with Crippen molar-refractivity contribution in [3.63, 3.8) is 0 Å². The molecule has 4 rings (SSSR count). The van der Waals surface area contributed by atoms with Crippen LogP contribution in [0.1, 0.15) is 13.8 Å². The van der Waals surface area contributed by atoms with E-state index in [1.807, 2.05) is 19.1 Å². The summed E-state index contributed by atoms with van der Waals surface area (Å²) in [5.41, 5.74) is -0.234. The molecule has 0 aromatic heterocycles. The third-order valence-electron chi connectivity index (χ3n) is 5.54. The highest BCUT2D eigenvalue weighted by molar-refractivity contribution is 5.99. The number of anilines is 1. The van der Waals surface area contributed by atoms with E-state index in [-0.39, 0.29) is 31.5 Å². The molecule has 2 amide bonds. The highest BCUT2D eigenvalue weighted by atomic mass is 16.5. The van der Waals surface area contributed by atoms with Gasteiger partial charge in [-0.1, -0.05) is 12.2 Å². The van der Waals surface area contributed by atoms with Crippen molar-refractivity contribution in [3.8, 4) is 5.75 Å². The van der Waals surface area contributed by atoms with Crippen LogP contribution < -0.4 is 10.1 Å². The standard InChI is InChI=1S/C21H24N2O6/c1-3-27-14-7-5-13(6-8-14)22-19(25)17-15-9-10-21(29-15)12-23(20(26)18(17)21)11-16(24)28-4-2/h5-10,15,17-18H,3-4,11-12H2,1-2H3,(H,22,25). The van der Waals surface area contributed by atoms with Crippen molar-refractivity contribution in [1.29, 1.82) is 0 Å². The molecule has 2 fully saturated rings. The van der Waals surface area contributed by atoms with Crippen LogP contribution in [0.15, 0.2) is 36.4 Å². The number of nitrogens with zero attached hydrogens (tertiary/aromatic N) is 1. The molecule has 0 aliphatic carbocycles. The predicted molar refractivity (Wildman–Crippen MR) is 103 cm³/mol. The van der Waals surface area contributed by atoms with E-state index in [1.165, 1.54) is 4.90 Å². The average Bonchev–Trinajstić information content (AvgIpc) is 3.32. The molecule has 29 heavy (non-hydrogen) atoms. The van der Waals surface area contributed by atoms with Crippen LogP contribution in [0.2, 0.25) is 0 Å². The van der Waals surface area contributed by atoms with Crippen LogP contribution >= 0.6 is 0 Å². The molecule has 1 aromatic rings. The zero-order valence-corrected chi connectivity index (χ0v) is 16.4. The summed E-state index contributed by atoms with van der Waals surface area (Å²) in [4.78, 5) is 39.3. The van der Waals surface area contributed by atoms with Crippen LogP contribution in [0.4, 0.5) is 5.69 Å². The number of rotatable bonds is 7. The average molecular weight is 400 g/mol. The number of benzene rings is 1. The number of esters is 1. The normalized spacial score (nSPS) is 29.1. The minimum atomic E-state index is -0.852. The van der Waals surface area contributed by atoms with Gasteiger partial charge in [-0.15, -0.1) is 0 Å². The van der Waals surface area contributed by atoms with Crippen molar-refractivity contribution in [2.24, 2.45) is 11.8 Å². The monoisotopic (exact) mass is 400 g/mol. The van der Waals surface area contributed by atoms with Gasteiger partial charge in [0.15, 0.2) is 0 Å². The number of carbonyl (C=O) groups is 3. The van der Waals surface area contributed by atoms with Crippen molar-refractivity contribution < 1.29 is 28.6 Å². The first-order valence-corrected chi connectivity index (χ1v) is 9.82. The van der Waals surface area contributed by atoms with E-state index in [2.05, 4.69) is 5.32 Å². The maximum atomic E-state index is 13.0. The minimum Gasteiger partial charge on any atom is -0.494 e. The predicted octanol–water partition coefficient (Wildman–Crippen LogP) is 1.37. The largest absolute Gasteiger partial charge is 0.494 e. The second-order valence-corrected chi connectivity index (χ2v) is 7.35. The molecule has 154 valence electrons. The van der Waals surface area contributed by atoms with Gasteiger partial charge in [0.1, 0.15) is 17.9 Å². The van der Waals surface area contributed by atoms with Crippen LogP contribution in [0.5, 0.6) is 5.75 Å². The Morgan fingerprint density at radius 3 is 2.69 bits per heavy atom. The maximum Gasteiger partial charge on any atom is 0.325 e. The number of carbonyl (C=O) groups excluding carboxylic acids is 3. The van der Waals surface area contributed by atoms with Crippen molar-refractivity contribution in [1.82, 2.24) is 4.90 Å². The van der Waals surface area contributed by atoms with E-state index in [0.717, 1.165) is 5.75 Å². The summed E-state index contributed by atoms with van der Waals surface area (Å²) in [5.74, 6) is -1.57. The molecule has 3 heterocycles. The van der Waals surface area contributed by atoms with Gasteiger partial charge in [-0.2, -0.15) is 0 Å². The number of hydrogen-bond donors (Lipinski definition) is 1. The van der Waals surface area contributed by atoms with Crippen LogP contribution in [0.3, 0.4) is 0 Å². The molecule has 1 aromatic carbocycles. The summed E-state index contributed by atoms with van der Waals surface area (Å²) in [6, 6.07) is 7.07. The number of hydrogen-bond acceptors (Lipinski definition) is 6. The topological polar surface area (TPSA) is 94.2 Å². The van der Waals surface area contributed by atoms with Gasteiger partial charge < -0.3 is 24.4 Å². The van der Waals surface area contributed by atoms with E-state index in [4.69, 9.17) is 14.2 Å². The molecule has 3 aliphatic rings. The van der Waals surface area contributed by atoms with E-state index >= 15 is 0 Å². The molecule has 3 aliphatic heterocycles. The zero-order chi connectivity index (χ0) is 20.6. The molecule has 8 heteroatoms. The first-order chi connectivity index (χ1) is 14.0. The molecule has 0 radical (unpaired) electrons. The fraction of sp³-hybridized carbons (Fsp3) is 0.476. The summed E-state index contributed by atoms with van der Waals surface area (Å²) in [6.07, 6.45) is 3.24. The van der Waals surface area contributed by atoms with Crippen molar-refractivity contribution >= 4 is 23.5 Å². The Hall–Kier alpha value is -2.87. The molecule has 4 atom stereocenters. The van der Waals surface area contributed by atoms with Gasteiger partial charge in [-0.3, -0.25) is 14.4 Å². The Bertz CT molecular complexity index is 851. The van der Waals surface area contributed by atoms with Gasteiger partial charge in [-0.05, 0) is 38.1 Å². The van der Waals surface area contributed by atoms with Gasteiger partial charge >= 0.3 is 5.97 Å². The van der Waals surface area contributed by atoms with Crippen molar-refractivity contribution in [2.45, 2.75) is 25.6 Å². The molecular weight excluding hydrogens is 376 g/mol. The number of nitrogens with one attached hydrogen (secondary N) is 1. The summed E-state index contributed by atoms with van der Waals surface area (Å²) in [5, 5.41) is 2.87. The molecule has 1 spiro atoms. The Morgan fingerprint density at radius 2 is 2.00 bits per heavy atom. The van der Waals surface area contributed by atoms with E-state index in [0.29, 0.717) is 12.3 Å². The highest BCUT2D eigenvalue weighted by Gasteiger charge is 2.66. The maximum absolute atomic E-state index is 13.0. The Balaban J connectivity index is 1.48. The quantitative estimate of drug-likeness (QED) is 0.549. The van der Waals surface area contributed by atoms with Gasteiger partial charge in [0, 0.05) is 5.69 Å². The second-order valence-electron chi connectivity index (χ2n) is 7.35. The summed E-state index contributed by atoms with van der Waals surface area (Å²) in [6.45, 7) is 4.54. The van der Waals surface area contributed by atoms with E-state index < -0.39 is 29.5 Å². The van der Waals surface area contributed by atoms with Crippen LogP contribution in [0.25, 0.3) is 0 Å². The van der Waals surface area contributed by atoms with Crippen molar-refractivity contribution in [2.75, 3.05) is 31.6 Å². The van der Waals surface area contributed by atoms with Gasteiger partial charge in [-0.25, -0.2) is 0 Å². The lowest BCUT2D eigenvalue weighted by Crippen LogP contribution is -2.41. The van der Waals surface area contributed by atoms with Crippen LogP contribution in [-0.4, -0.2) is 60.7 Å². The van der Waals surface area contributed by atoms with Crippen molar-refractivity contribution in [3.05, 3.63) is 36.4 Å². The fourth-order valence-electron chi connectivity index (χ4n) is 4.40. The summed E-state index contributed by atoms with van der Waals surface area (Å²) < 4.78 is 16.4. The molecule has 0 saturated carbocycles. The number of ether oxygens (including phenoxy) is 3. The van der Waals surface area contributed by atoms with E-state index in [9.17, 15) is 14.4 Å². The highest BCUT2D eigenvalue weighted by Crippen LogP contribution is 2.52. The molecule has 1 N–H and O–H groups in total. The summed E-state index contributed by atoms with van der Waals surface area (Å²) >= 11 is 0. The SMILES string of the molecule is CCOC(=O)CN1CC23C=CC(O2)C(C(=O)Nc2ccc(OCC)cc2)C3C1=O. The van der Waals surface area contributed by atoms with Gasteiger partial charge in [0.05, 0.1) is 37.7 Å². The third kappa shape index (κ3) is 3.37. The number of likely N-dealkylation sites (tertiary alicyclic amines) is 1. The minimum absolute atomic E-state index is 0.139. The van der Waals surface area contributed by atoms with Gasteiger partial charge in [0.25, 0.3) is 0 Å². The molecule has 8 nitrogen and oxygen atoms in total. The second kappa shape index (κ2) is 7.51. The Labute approximate surface area is 168 Å². The lowest BCUT2D eigenvalue weighted by Gasteiger charge is -2.23. The third-order valence-corrected chi connectivity index (χ3v) is 5.54. The fourth-order valence-corrected chi connectivity index (χ4v) is 4.40. The Morgan fingerprint density at radius 1 is 1.24 bits per heavy atom. The number of fused-ring (bicyclic) bond motifs is 1. The lowest BCUT2D eigenvalue weighted by atomic mass is 9.77.